The van der Waals surface area contributed by atoms with E-state index in [1.165, 1.54) is 0 Å². The lowest BCUT2D eigenvalue weighted by Gasteiger charge is -2.26. The van der Waals surface area contributed by atoms with Gasteiger partial charge in [-0.25, -0.2) is 0 Å². The molecule has 0 radical (unpaired) electrons. The molecule has 0 heterocycles. The van der Waals surface area contributed by atoms with Crippen LogP contribution in [-0.2, 0) is 4.57 Å². The molecule has 0 saturated carbocycles. The van der Waals surface area contributed by atoms with Crippen molar-refractivity contribution < 1.29 is 4.57 Å². The number of rotatable bonds is 6. The van der Waals surface area contributed by atoms with Crippen LogP contribution >= 0.6 is 8.10 Å². The fraction of sp³-hybridized carbons (Fsp3) is 1.00. The van der Waals surface area contributed by atoms with Crippen molar-refractivity contribution in [3.63, 3.8) is 0 Å². The summed E-state index contributed by atoms with van der Waals surface area (Å²) in [6, 6.07) is 1.24. The van der Waals surface area contributed by atoms with E-state index in [0.29, 0.717) is 24.2 Å². The van der Waals surface area contributed by atoms with E-state index in [9.17, 15) is 4.57 Å². The summed E-state index contributed by atoms with van der Waals surface area (Å²) in [5, 5.41) is 0. The van der Waals surface area contributed by atoms with E-state index in [2.05, 4.69) is 64.7 Å². The third-order valence-corrected chi connectivity index (χ3v) is 5.15. The second kappa shape index (κ2) is 6.68. The van der Waals surface area contributed by atoms with Crippen molar-refractivity contribution in [2.24, 2.45) is 0 Å². The first-order chi connectivity index (χ1) is 7.20. The van der Waals surface area contributed by atoms with Gasteiger partial charge in [0.15, 0.2) is 0 Å². The molecule has 0 aromatic rings. The molecular formula is C12H28N2OP+. The average Bonchev–Trinajstić information content (AvgIpc) is 1.99. The molecule has 3 nitrogen and oxygen atoms in total. The first-order valence-electron chi connectivity index (χ1n) is 6.23. The molecule has 96 valence electrons. The van der Waals surface area contributed by atoms with Crippen LogP contribution in [0.5, 0.6) is 0 Å². The molecular weight excluding hydrogens is 219 g/mol. The van der Waals surface area contributed by atoms with Crippen molar-refractivity contribution in [2.75, 3.05) is 0 Å². The molecule has 0 aliphatic heterocycles. The maximum atomic E-state index is 12.6. The molecule has 0 aliphatic carbocycles. The normalized spacial score (nSPS) is 12.9. The van der Waals surface area contributed by atoms with Gasteiger partial charge >= 0.3 is 8.10 Å². The van der Waals surface area contributed by atoms with Gasteiger partial charge in [-0.15, -0.1) is 0 Å². The zero-order valence-electron chi connectivity index (χ0n) is 12.1. The Morgan fingerprint density at radius 2 is 0.812 bits per heavy atom. The minimum atomic E-state index is -1.45. The van der Waals surface area contributed by atoms with Gasteiger partial charge in [-0.1, -0.05) is 9.34 Å². The zero-order chi connectivity index (χ0) is 13.0. The Bertz CT molecular complexity index is 189. The molecule has 4 heteroatoms. The lowest BCUT2D eigenvalue weighted by Crippen LogP contribution is -2.40. The summed E-state index contributed by atoms with van der Waals surface area (Å²) in [4.78, 5) is 0. The number of nitrogens with zero attached hydrogens (tertiary/aromatic N) is 2. The maximum absolute atomic E-state index is 12.6. The molecule has 0 saturated heterocycles. The van der Waals surface area contributed by atoms with Crippen molar-refractivity contribution in [1.29, 1.82) is 0 Å². The molecule has 0 aromatic carbocycles. The monoisotopic (exact) mass is 247 g/mol. The first kappa shape index (κ1) is 16.0. The van der Waals surface area contributed by atoms with Crippen LogP contribution < -0.4 is 0 Å². The summed E-state index contributed by atoms with van der Waals surface area (Å²) in [5.74, 6) is 0. The summed E-state index contributed by atoms with van der Waals surface area (Å²) in [7, 11) is -1.45. The molecule has 0 bridgehead atoms. The quantitative estimate of drug-likeness (QED) is 0.665. The fourth-order valence-electron chi connectivity index (χ4n) is 2.10. The van der Waals surface area contributed by atoms with Crippen LogP contribution in [0.2, 0.25) is 0 Å². The van der Waals surface area contributed by atoms with Crippen LogP contribution in [0.1, 0.15) is 55.4 Å². The lowest BCUT2D eigenvalue weighted by atomic mass is 10.3. The Morgan fingerprint density at radius 3 is 0.938 bits per heavy atom. The van der Waals surface area contributed by atoms with Gasteiger partial charge < -0.3 is 0 Å². The maximum Gasteiger partial charge on any atom is 0.538 e. The summed E-state index contributed by atoms with van der Waals surface area (Å²) in [6.45, 7) is 16.8. The van der Waals surface area contributed by atoms with Gasteiger partial charge in [0, 0.05) is 0 Å². The van der Waals surface area contributed by atoms with Crippen molar-refractivity contribution in [1.82, 2.24) is 9.34 Å². The van der Waals surface area contributed by atoms with E-state index in [1.54, 1.807) is 0 Å². The van der Waals surface area contributed by atoms with E-state index < -0.39 is 8.10 Å². The standard InChI is InChI=1S/C12H28N2OP/c1-9(2)13(10(3)4)16(15)14(11(5)6)12(7)8/h9-12H,1-8H3/q+1. The number of hydrogen-bond donors (Lipinski definition) is 0. The highest BCUT2D eigenvalue weighted by Crippen LogP contribution is 2.39. The Labute approximate surface area is 102 Å². The van der Waals surface area contributed by atoms with Gasteiger partial charge in [-0.05, 0) is 60.0 Å². The number of hydrogen-bond acceptors (Lipinski definition) is 1. The predicted molar refractivity (Wildman–Crippen MR) is 71.8 cm³/mol. The third kappa shape index (κ3) is 4.12. The molecule has 0 aliphatic rings. The predicted octanol–water partition coefficient (Wildman–Crippen LogP) is 3.88. The first-order valence-corrected chi connectivity index (χ1v) is 7.40. The molecule has 0 aromatic heterocycles. The van der Waals surface area contributed by atoms with Gasteiger partial charge in [0.2, 0.25) is 0 Å². The van der Waals surface area contributed by atoms with Gasteiger partial charge in [-0.2, -0.15) is 0 Å². The highest BCUT2D eigenvalue weighted by atomic mass is 31.1. The van der Waals surface area contributed by atoms with E-state index >= 15 is 0 Å². The molecule has 0 unspecified atom stereocenters. The minimum Gasteiger partial charge on any atom is -0.0740 e. The smallest absolute Gasteiger partial charge is 0.0740 e. The van der Waals surface area contributed by atoms with Gasteiger partial charge in [0.05, 0.1) is 24.2 Å². The second-order valence-corrected chi connectivity index (χ2v) is 6.82. The largest absolute Gasteiger partial charge is 0.538 e. The zero-order valence-corrected chi connectivity index (χ0v) is 13.0. The Kier molecular flexibility index (Phi) is 6.69. The summed E-state index contributed by atoms with van der Waals surface area (Å²) in [5.41, 5.74) is 0. The van der Waals surface area contributed by atoms with Crippen molar-refractivity contribution >= 4 is 8.10 Å². The molecule has 0 amide bonds. The molecule has 16 heavy (non-hydrogen) atoms. The fourth-order valence-corrected chi connectivity index (χ4v) is 3.92. The van der Waals surface area contributed by atoms with Crippen LogP contribution in [0.25, 0.3) is 0 Å². The van der Waals surface area contributed by atoms with E-state index in [1.807, 2.05) is 0 Å². The van der Waals surface area contributed by atoms with Crippen LogP contribution in [0.3, 0.4) is 0 Å². The Hall–Kier alpha value is 0.0200. The van der Waals surface area contributed by atoms with E-state index in [-0.39, 0.29) is 0 Å². The molecule has 0 fully saturated rings. The molecule has 0 rings (SSSR count). The van der Waals surface area contributed by atoms with Crippen LogP contribution in [0.4, 0.5) is 0 Å². The third-order valence-electron chi connectivity index (χ3n) is 2.51. The highest BCUT2D eigenvalue weighted by Gasteiger charge is 2.42. The SMILES string of the molecule is CC(C)N(C(C)C)[P+](=O)N(C(C)C)C(C)C. The topological polar surface area (TPSA) is 23.6 Å². The highest BCUT2D eigenvalue weighted by molar-refractivity contribution is 7.39. The molecule has 0 atom stereocenters. The second-order valence-electron chi connectivity index (χ2n) is 5.39. The van der Waals surface area contributed by atoms with Crippen LogP contribution in [0, 0.1) is 0 Å². The molecule has 0 N–H and O–H groups in total. The average molecular weight is 247 g/mol. The van der Waals surface area contributed by atoms with E-state index in [4.69, 9.17) is 0 Å². The van der Waals surface area contributed by atoms with Crippen molar-refractivity contribution in [3.8, 4) is 0 Å². The van der Waals surface area contributed by atoms with E-state index in [0.717, 1.165) is 0 Å². The van der Waals surface area contributed by atoms with Crippen LogP contribution in [-0.4, -0.2) is 33.5 Å². The summed E-state index contributed by atoms with van der Waals surface area (Å²) >= 11 is 0. The summed E-state index contributed by atoms with van der Waals surface area (Å²) in [6.07, 6.45) is 0. The van der Waals surface area contributed by atoms with Gasteiger partial charge in [0.1, 0.15) is 0 Å². The minimum absolute atomic E-state index is 0.309. The van der Waals surface area contributed by atoms with Crippen molar-refractivity contribution in [2.45, 2.75) is 79.6 Å². The van der Waals surface area contributed by atoms with Crippen LogP contribution in [0.15, 0.2) is 0 Å². The van der Waals surface area contributed by atoms with Gasteiger partial charge in [0.25, 0.3) is 0 Å². The molecule has 0 spiro atoms. The summed E-state index contributed by atoms with van der Waals surface area (Å²) < 4.78 is 16.8. The lowest BCUT2D eigenvalue weighted by molar-refractivity contribution is 0.240. The van der Waals surface area contributed by atoms with Crippen molar-refractivity contribution in [3.05, 3.63) is 0 Å². The Balaban J connectivity index is 4.96. The van der Waals surface area contributed by atoms with Gasteiger partial charge in [-0.3, -0.25) is 0 Å². The Morgan fingerprint density at radius 1 is 0.625 bits per heavy atom.